The summed E-state index contributed by atoms with van der Waals surface area (Å²) >= 11 is 0. The van der Waals surface area contributed by atoms with E-state index in [2.05, 4.69) is 6.92 Å². The largest absolute Gasteiger partial charge is 0.500 e. The Morgan fingerprint density at radius 1 is 1.00 bits per heavy atom. The van der Waals surface area contributed by atoms with Crippen molar-refractivity contribution in [2.45, 2.75) is 39.2 Å². The number of ether oxygens (including phenoxy) is 2. The standard InChI is InChI=1S/C23H27NO4/c1-3-4-5-9-14-27-22-19-13-12-18(28-16-17-10-7-6-8-11-17)15-20(19)24(2)23(26)21(22)25/h6-8,10-13,15,25H,3-5,9,14,16H2,1-2H3. The van der Waals surface area contributed by atoms with Crippen LogP contribution in [0.5, 0.6) is 17.2 Å². The Morgan fingerprint density at radius 3 is 2.54 bits per heavy atom. The number of hydrogen-bond donors (Lipinski definition) is 1. The summed E-state index contributed by atoms with van der Waals surface area (Å²) in [7, 11) is 1.64. The molecule has 0 saturated carbocycles. The molecular weight excluding hydrogens is 354 g/mol. The molecule has 0 unspecified atom stereocenters. The van der Waals surface area contributed by atoms with Crippen molar-refractivity contribution in [1.29, 1.82) is 0 Å². The lowest BCUT2D eigenvalue weighted by molar-refractivity contribution is 0.290. The zero-order valence-corrected chi connectivity index (χ0v) is 16.5. The van der Waals surface area contributed by atoms with Gasteiger partial charge in [0.05, 0.1) is 12.1 Å². The SMILES string of the molecule is CCCCCCOc1c(O)c(=O)n(C)c2cc(OCc3ccccc3)ccc12. The summed E-state index contributed by atoms with van der Waals surface area (Å²) in [6.07, 6.45) is 4.25. The normalized spacial score (nSPS) is 10.9. The average Bonchev–Trinajstić information content (AvgIpc) is 2.73. The molecule has 2 aromatic carbocycles. The van der Waals surface area contributed by atoms with Gasteiger partial charge in [0, 0.05) is 18.5 Å². The number of fused-ring (bicyclic) bond motifs is 1. The molecule has 1 N–H and O–H groups in total. The van der Waals surface area contributed by atoms with Gasteiger partial charge in [0.2, 0.25) is 5.75 Å². The van der Waals surface area contributed by atoms with E-state index in [1.807, 2.05) is 48.5 Å². The van der Waals surface area contributed by atoms with Crippen LogP contribution in [-0.4, -0.2) is 16.3 Å². The van der Waals surface area contributed by atoms with Gasteiger partial charge in [0.1, 0.15) is 12.4 Å². The molecule has 0 spiro atoms. The number of unbranched alkanes of at least 4 members (excludes halogenated alkanes) is 3. The van der Waals surface area contributed by atoms with Crippen LogP contribution in [0.25, 0.3) is 10.9 Å². The van der Waals surface area contributed by atoms with Crippen molar-refractivity contribution < 1.29 is 14.6 Å². The zero-order chi connectivity index (χ0) is 19.9. The van der Waals surface area contributed by atoms with Crippen molar-refractivity contribution in [2.24, 2.45) is 7.05 Å². The highest BCUT2D eigenvalue weighted by Crippen LogP contribution is 2.33. The van der Waals surface area contributed by atoms with E-state index < -0.39 is 5.56 Å². The van der Waals surface area contributed by atoms with Gasteiger partial charge in [-0.05, 0) is 24.1 Å². The first kappa shape index (κ1) is 19.8. The van der Waals surface area contributed by atoms with Crippen molar-refractivity contribution in [3.63, 3.8) is 0 Å². The zero-order valence-electron chi connectivity index (χ0n) is 16.5. The van der Waals surface area contributed by atoms with E-state index in [0.29, 0.717) is 29.9 Å². The Morgan fingerprint density at radius 2 is 1.79 bits per heavy atom. The molecule has 1 heterocycles. The molecule has 0 amide bonds. The molecule has 0 aliphatic carbocycles. The second kappa shape index (κ2) is 9.31. The van der Waals surface area contributed by atoms with E-state index in [4.69, 9.17) is 9.47 Å². The van der Waals surface area contributed by atoms with Crippen LogP contribution in [0, 0.1) is 0 Å². The van der Waals surface area contributed by atoms with E-state index in [-0.39, 0.29) is 11.5 Å². The lowest BCUT2D eigenvalue weighted by atomic mass is 10.1. The van der Waals surface area contributed by atoms with Crippen LogP contribution in [0.1, 0.15) is 38.2 Å². The Hall–Kier alpha value is -2.95. The fourth-order valence-corrected chi connectivity index (χ4v) is 3.15. The molecule has 28 heavy (non-hydrogen) atoms. The lowest BCUT2D eigenvalue weighted by Crippen LogP contribution is -2.18. The number of aromatic nitrogens is 1. The van der Waals surface area contributed by atoms with Gasteiger partial charge in [0.15, 0.2) is 5.75 Å². The molecule has 3 aromatic rings. The fourth-order valence-electron chi connectivity index (χ4n) is 3.15. The maximum atomic E-state index is 12.4. The van der Waals surface area contributed by atoms with Crippen LogP contribution >= 0.6 is 0 Å². The summed E-state index contributed by atoms with van der Waals surface area (Å²) < 4.78 is 13.1. The average molecular weight is 381 g/mol. The number of aromatic hydroxyl groups is 1. The van der Waals surface area contributed by atoms with E-state index in [1.165, 1.54) is 4.57 Å². The molecule has 3 rings (SSSR count). The molecule has 0 atom stereocenters. The Balaban J connectivity index is 1.84. The van der Waals surface area contributed by atoms with Gasteiger partial charge >= 0.3 is 0 Å². The number of hydrogen-bond acceptors (Lipinski definition) is 4. The van der Waals surface area contributed by atoms with Gasteiger partial charge in [-0.15, -0.1) is 0 Å². The first-order valence-corrected chi connectivity index (χ1v) is 9.77. The highest BCUT2D eigenvalue weighted by atomic mass is 16.5. The monoisotopic (exact) mass is 381 g/mol. The van der Waals surface area contributed by atoms with Crippen molar-refractivity contribution in [3.8, 4) is 17.2 Å². The summed E-state index contributed by atoms with van der Waals surface area (Å²) in [5.41, 5.74) is 1.26. The van der Waals surface area contributed by atoms with Crippen LogP contribution in [0.3, 0.4) is 0 Å². The lowest BCUT2D eigenvalue weighted by Gasteiger charge is -2.15. The highest BCUT2D eigenvalue weighted by molar-refractivity contribution is 5.88. The first-order chi connectivity index (χ1) is 13.6. The molecule has 0 fully saturated rings. The number of pyridine rings is 1. The molecule has 1 aromatic heterocycles. The van der Waals surface area contributed by atoms with Gasteiger partial charge in [0.25, 0.3) is 5.56 Å². The van der Waals surface area contributed by atoms with E-state index >= 15 is 0 Å². The van der Waals surface area contributed by atoms with Crippen molar-refractivity contribution in [2.75, 3.05) is 6.61 Å². The van der Waals surface area contributed by atoms with Crippen molar-refractivity contribution >= 4 is 10.9 Å². The first-order valence-electron chi connectivity index (χ1n) is 9.77. The third kappa shape index (κ3) is 4.47. The highest BCUT2D eigenvalue weighted by Gasteiger charge is 2.16. The minimum atomic E-state index is -0.476. The van der Waals surface area contributed by atoms with Gasteiger partial charge in [-0.1, -0.05) is 56.5 Å². The summed E-state index contributed by atoms with van der Waals surface area (Å²) in [6, 6.07) is 15.4. The topological polar surface area (TPSA) is 60.7 Å². The van der Waals surface area contributed by atoms with Gasteiger partial charge in [-0.25, -0.2) is 0 Å². The molecule has 0 saturated heterocycles. The maximum absolute atomic E-state index is 12.4. The predicted molar refractivity (Wildman–Crippen MR) is 111 cm³/mol. The van der Waals surface area contributed by atoms with Gasteiger partial charge in [-0.3, -0.25) is 4.79 Å². The van der Waals surface area contributed by atoms with Gasteiger partial charge in [-0.2, -0.15) is 0 Å². The summed E-state index contributed by atoms with van der Waals surface area (Å²) in [6.45, 7) is 3.07. The van der Waals surface area contributed by atoms with Crippen molar-refractivity contribution in [1.82, 2.24) is 4.57 Å². The molecule has 5 heteroatoms. The third-order valence-electron chi connectivity index (χ3n) is 4.79. The van der Waals surface area contributed by atoms with Crippen molar-refractivity contribution in [3.05, 3.63) is 64.4 Å². The smallest absolute Gasteiger partial charge is 0.296 e. The van der Waals surface area contributed by atoms with Crippen LogP contribution in [0.4, 0.5) is 0 Å². The number of aryl methyl sites for hydroxylation is 1. The summed E-state index contributed by atoms with van der Waals surface area (Å²) in [4.78, 5) is 12.4. The predicted octanol–water partition coefficient (Wildman–Crippen LogP) is 4.78. The Kier molecular flexibility index (Phi) is 6.58. The van der Waals surface area contributed by atoms with Crippen LogP contribution in [0.15, 0.2) is 53.3 Å². The molecule has 0 aliphatic heterocycles. The minimum absolute atomic E-state index is 0.254. The Bertz CT molecular complexity index is 979. The summed E-state index contributed by atoms with van der Waals surface area (Å²) in [5, 5.41) is 11.0. The maximum Gasteiger partial charge on any atom is 0.296 e. The number of nitrogens with zero attached hydrogens (tertiary/aromatic N) is 1. The van der Waals surface area contributed by atoms with Crippen LogP contribution in [-0.2, 0) is 13.7 Å². The van der Waals surface area contributed by atoms with Gasteiger partial charge < -0.3 is 19.1 Å². The van der Waals surface area contributed by atoms with E-state index in [0.717, 1.165) is 31.2 Å². The van der Waals surface area contributed by atoms with E-state index in [9.17, 15) is 9.90 Å². The minimum Gasteiger partial charge on any atom is -0.500 e. The second-order valence-corrected chi connectivity index (χ2v) is 6.90. The van der Waals surface area contributed by atoms with Crippen LogP contribution in [0.2, 0.25) is 0 Å². The molecule has 148 valence electrons. The molecule has 0 bridgehead atoms. The Labute approximate surface area is 165 Å². The third-order valence-corrected chi connectivity index (χ3v) is 4.79. The molecule has 0 aliphatic rings. The van der Waals surface area contributed by atoms with E-state index in [1.54, 1.807) is 7.05 Å². The quantitative estimate of drug-likeness (QED) is 0.542. The number of benzene rings is 2. The fraction of sp³-hybridized carbons (Fsp3) is 0.348. The molecule has 0 radical (unpaired) electrons. The summed E-state index contributed by atoms with van der Waals surface area (Å²) in [5.74, 6) is 0.568. The number of rotatable bonds is 9. The molecular formula is C23H27NO4. The van der Waals surface area contributed by atoms with Crippen LogP contribution < -0.4 is 15.0 Å². The molecule has 5 nitrogen and oxygen atoms in total. The second-order valence-electron chi connectivity index (χ2n) is 6.90.